The van der Waals surface area contributed by atoms with Crippen LogP contribution in [0.3, 0.4) is 0 Å². The van der Waals surface area contributed by atoms with Crippen LogP contribution in [-0.4, -0.2) is 17.7 Å². The summed E-state index contributed by atoms with van der Waals surface area (Å²) in [5, 5.41) is 3.53. The molecular weight excluding hydrogens is 224 g/mol. The molecule has 0 aromatic carbocycles. The average Bonchev–Trinajstić information content (AvgIpc) is 2.99. The van der Waals surface area contributed by atoms with Gasteiger partial charge < -0.3 is 9.88 Å². The fraction of sp³-hybridized carbons (Fsp3) is 0.667. The molecule has 0 aliphatic heterocycles. The largest absolute Gasteiger partial charge is 0.315 e. The Balaban J connectivity index is 1.41. The Kier molecular flexibility index (Phi) is 3.50. The van der Waals surface area contributed by atoms with Crippen LogP contribution in [0.4, 0.5) is 0 Å². The number of nitrogens with one attached hydrogen (secondary N) is 1. The van der Waals surface area contributed by atoms with Crippen molar-refractivity contribution in [3.05, 3.63) is 34.7 Å². The predicted molar refractivity (Wildman–Crippen MR) is 72.5 cm³/mol. The number of hydrogen-bond donors (Lipinski definition) is 1. The van der Waals surface area contributed by atoms with Gasteiger partial charge in [-0.3, -0.25) is 4.79 Å². The molecule has 3 atom stereocenters. The summed E-state index contributed by atoms with van der Waals surface area (Å²) < 4.78 is 1.77. The second kappa shape index (κ2) is 5.27. The van der Waals surface area contributed by atoms with Crippen molar-refractivity contribution in [1.82, 2.24) is 9.88 Å². The van der Waals surface area contributed by atoms with Crippen LogP contribution in [0.2, 0.25) is 0 Å². The van der Waals surface area contributed by atoms with E-state index in [-0.39, 0.29) is 5.56 Å². The first-order valence-electron chi connectivity index (χ1n) is 7.19. The van der Waals surface area contributed by atoms with E-state index in [0.717, 1.165) is 37.4 Å². The number of aromatic nitrogens is 1. The predicted octanol–water partition coefficient (Wildman–Crippen LogP) is 1.87. The van der Waals surface area contributed by atoms with Crippen molar-refractivity contribution in [1.29, 1.82) is 0 Å². The summed E-state index contributed by atoms with van der Waals surface area (Å²) in [7, 11) is 0. The Morgan fingerprint density at radius 1 is 1.28 bits per heavy atom. The van der Waals surface area contributed by atoms with Gasteiger partial charge in [0.05, 0.1) is 0 Å². The topological polar surface area (TPSA) is 34.0 Å². The second-order valence-electron chi connectivity index (χ2n) is 5.87. The van der Waals surface area contributed by atoms with Gasteiger partial charge in [-0.1, -0.05) is 12.5 Å². The molecule has 1 aromatic rings. The molecule has 2 bridgehead atoms. The normalized spacial score (nSPS) is 29.9. The van der Waals surface area contributed by atoms with Crippen LogP contribution in [0.15, 0.2) is 29.2 Å². The van der Waals surface area contributed by atoms with Crippen LogP contribution in [0.1, 0.15) is 25.7 Å². The second-order valence-corrected chi connectivity index (χ2v) is 5.87. The van der Waals surface area contributed by atoms with E-state index in [1.165, 1.54) is 25.7 Å². The number of fused-ring (bicyclic) bond motifs is 2. The van der Waals surface area contributed by atoms with Crippen LogP contribution in [0.5, 0.6) is 0 Å². The smallest absolute Gasteiger partial charge is 0.250 e. The van der Waals surface area contributed by atoms with E-state index in [9.17, 15) is 4.79 Å². The zero-order valence-electron chi connectivity index (χ0n) is 10.8. The minimum absolute atomic E-state index is 0.0965. The lowest BCUT2D eigenvalue weighted by Crippen LogP contribution is -2.31. The van der Waals surface area contributed by atoms with E-state index in [1.807, 2.05) is 12.3 Å². The molecule has 1 aromatic heterocycles. The Bertz CT molecular complexity index is 454. The van der Waals surface area contributed by atoms with Gasteiger partial charge in [0.25, 0.3) is 5.56 Å². The van der Waals surface area contributed by atoms with Gasteiger partial charge in [-0.05, 0) is 49.6 Å². The maximum atomic E-state index is 11.5. The molecule has 1 N–H and O–H groups in total. The van der Waals surface area contributed by atoms with Crippen molar-refractivity contribution in [2.24, 2.45) is 17.8 Å². The number of hydrogen-bond acceptors (Lipinski definition) is 2. The maximum Gasteiger partial charge on any atom is 0.250 e. The van der Waals surface area contributed by atoms with Crippen molar-refractivity contribution in [3.63, 3.8) is 0 Å². The molecular formula is C15H22N2O. The van der Waals surface area contributed by atoms with Crippen LogP contribution in [0, 0.1) is 17.8 Å². The van der Waals surface area contributed by atoms with Gasteiger partial charge in [-0.2, -0.15) is 0 Å². The highest BCUT2D eigenvalue weighted by Gasteiger charge is 2.38. The zero-order valence-corrected chi connectivity index (χ0v) is 10.8. The highest BCUT2D eigenvalue weighted by Crippen LogP contribution is 2.47. The van der Waals surface area contributed by atoms with Crippen LogP contribution >= 0.6 is 0 Å². The quantitative estimate of drug-likeness (QED) is 0.805. The summed E-state index contributed by atoms with van der Waals surface area (Å²) in [5.41, 5.74) is 0.0965. The maximum absolute atomic E-state index is 11.5. The van der Waals surface area contributed by atoms with E-state index < -0.39 is 0 Å². The van der Waals surface area contributed by atoms with Crippen molar-refractivity contribution in [2.75, 3.05) is 13.1 Å². The monoisotopic (exact) mass is 246 g/mol. The Morgan fingerprint density at radius 2 is 2.22 bits per heavy atom. The molecule has 2 fully saturated rings. The lowest BCUT2D eigenvalue weighted by molar-refractivity contribution is 0.317. The summed E-state index contributed by atoms with van der Waals surface area (Å²) >= 11 is 0. The molecule has 3 unspecified atom stereocenters. The first-order valence-corrected chi connectivity index (χ1v) is 7.19. The van der Waals surface area contributed by atoms with E-state index in [2.05, 4.69) is 5.32 Å². The van der Waals surface area contributed by atoms with Crippen molar-refractivity contribution in [3.8, 4) is 0 Å². The Labute approximate surface area is 108 Å². The average molecular weight is 246 g/mol. The lowest BCUT2D eigenvalue weighted by Gasteiger charge is -2.21. The summed E-state index contributed by atoms with van der Waals surface area (Å²) in [4.78, 5) is 11.5. The molecule has 0 saturated heterocycles. The van der Waals surface area contributed by atoms with Crippen molar-refractivity contribution < 1.29 is 0 Å². The van der Waals surface area contributed by atoms with E-state index in [4.69, 9.17) is 0 Å². The summed E-state index contributed by atoms with van der Waals surface area (Å²) in [6, 6.07) is 5.33. The SMILES string of the molecule is O=c1ccccn1CCNCC1CC2CCC1C2. The van der Waals surface area contributed by atoms with Crippen LogP contribution in [-0.2, 0) is 6.54 Å². The van der Waals surface area contributed by atoms with Gasteiger partial charge in [-0.25, -0.2) is 0 Å². The number of nitrogens with zero attached hydrogens (tertiary/aromatic N) is 1. The Morgan fingerprint density at radius 3 is 2.94 bits per heavy atom. The third kappa shape index (κ3) is 2.51. The fourth-order valence-corrected chi connectivity index (χ4v) is 3.76. The third-order valence-corrected chi connectivity index (χ3v) is 4.72. The van der Waals surface area contributed by atoms with Gasteiger partial charge in [0.1, 0.15) is 0 Å². The molecule has 0 radical (unpaired) electrons. The molecule has 98 valence electrons. The van der Waals surface area contributed by atoms with E-state index >= 15 is 0 Å². The van der Waals surface area contributed by atoms with Crippen molar-refractivity contribution in [2.45, 2.75) is 32.2 Å². The minimum Gasteiger partial charge on any atom is -0.315 e. The van der Waals surface area contributed by atoms with E-state index in [0.29, 0.717) is 0 Å². The van der Waals surface area contributed by atoms with Crippen molar-refractivity contribution >= 4 is 0 Å². The highest BCUT2D eigenvalue weighted by molar-refractivity contribution is 4.93. The zero-order chi connectivity index (χ0) is 12.4. The summed E-state index contributed by atoms with van der Waals surface area (Å²) in [6.07, 6.45) is 7.70. The Hall–Kier alpha value is -1.09. The van der Waals surface area contributed by atoms with Gasteiger partial charge in [0.2, 0.25) is 0 Å². The van der Waals surface area contributed by atoms with Gasteiger partial charge >= 0.3 is 0 Å². The number of rotatable bonds is 5. The number of pyridine rings is 1. The first kappa shape index (κ1) is 12.0. The van der Waals surface area contributed by atoms with Crippen LogP contribution in [0.25, 0.3) is 0 Å². The summed E-state index contributed by atoms with van der Waals surface area (Å²) in [6.45, 7) is 2.82. The van der Waals surface area contributed by atoms with E-state index in [1.54, 1.807) is 16.7 Å². The fourth-order valence-electron chi connectivity index (χ4n) is 3.76. The first-order chi connectivity index (χ1) is 8.83. The molecule has 3 nitrogen and oxygen atoms in total. The van der Waals surface area contributed by atoms with Gasteiger partial charge in [0, 0.05) is 25.4 Å². The minimum atomic E-state index is 0.0965. The van der Waals surface area contributed by atoms with Crippen LogP contribution < -0.4 is 10.9 Å². The molecule has 3 heteroatoms. The molecule has 1 heterocycles. The standard InChI is InChI=1S/C15H22N2O/c18-15-3-1-2-7-17(15)8-6-16-11-14-10-12-4-5-13(14)9-12/h1-3,7,12-14,16H,4-6,8-11H2. The summed E-state index contributed by atoms with van der Waals surface area (Å²) in [5.74, 6) is 2.91. The molecule has 2 aliphatic rings. The third-order valence-electron chi connectivity index (χ3n) is 4.72. The highest BCUT2D eigenvalue weighted by atomic mass is 16.1. The van der Waals surface area contributed by atoms with Gasteiger partial charge in [-0.15, -0.1) is 0 Å². The molecule has 0 spiro atoms. The lowest BCUT2D eigenvalue weighted by atomic mass is 9.89. The molecule has 3 rings (SSSR count). The molecule has 0 amide bonds. The molecule has 2 aliphatic carbocycles. The van der Waals surface area contributed by atoms with Gasteiger partial charge in [0.15, 0.2) is 0 Å². The molecule has 18 heavy (non-hydrogen) atoms. The molecule has 2 saturated carbocycles.